The number of hydrogen-bond acceptors (Lipinski definition) is 6. The minimum absolute atomic E-state index is 0.0193. The molecule has 0 saturated heterocycles. The second-order valence-electron chi connectivity index (χ2n) is 7.60. The van der Waals surface area contributed by atoms with E-state index in [-0.39, 0.29) is 29.8 Å². The van der Waals surface area contributed by atoms with Crippen LogP contribution in [0, 0.1) is 5.92 Å². The maximum Gasteiger partial charge on any atom is 0.281 e. The quantitative estimate of drug-likeness (QED) is 0.439. The highest BCUT2D eigenvalue weighted by Gasteiger charge is 2.36. The number of pyridine rings is 1. The molecule has 3 rings (SSSR count). The third-order valence-corrected chi connectivity index (χ3v) is 5.43. The highest BCUT2D eigenvalue weighted by atomic mass is 19.1. The van der Waals surface area contributed by atoms with Crippen LogP contribution in [-0.4, -0.2) is 43.1 Å². The number of aromatic nitrogens is 5. The Bertz CT molecular complexity index is 1080. The smallest absolute Gasteiger partial charge is 0.281 e. The number of hydrogen-bond donors (Lipinski definition) is 2. The number of rotatable bonds is 7. The minimum Gasteiger partial charge on any atom is -0.386 e. The Balaban J connectivity index is 1.90. The second-order valence-corrected chi connectivity index (χ2v) is 7.60. The summed E-state index contributed by atoms with van der Waals surface area (Å²) in [6.45, 7) is 5.41. The summed E-state index contributed by atoms with van der Waals surface area (Å²) in [6, 6.07) is 3.73. The zero-order valence-electron chi connectivity index (χ0n) is 17.7. The van der Waals surface area contributed by atoms with Crippen molar-refractivity contribution < 1.29 is 9.18 Å². The first-order valence-corrected chi connectivity index (χ1v) is 9.77. The first-order valence-electron chi connectivity index (χ1n) is 9.77. The zero-order valence-corrected chi connectivity index (χ0v) is 17.7. The zero-order chi connectivity index (χ0) is 22.6. The molecule has 3 aromatic rings. The number of carbonyl (C=O) groups is 1. The van der Waals surface area contributed by atoms with Crippen LogP contribution in [0.4, 0.5) is 10.3 Å². The van der Waals surface area contributed by atoms with Crippen LogP contribution in [0.15, 0.2) is 48.1 Å². The molecule has 0 saturated carbocycles. The lowest BCUT2D eigenvalue weighted by molar-refractivity contribution is 0.100. The van der Waals surface area contributed by atoms with Crippen molar-refractivity contribution in [3.8, 4) is 11.3 Å². The number of anilines is 1. The Morgan fingerprint density at radius 2 is 1.90 bits per heavy atom. The molecule has 0 fully saturated rings. The third-order valence-electron chi connectivity index (χ3n) is 5.43. The first kappa shape index (κ1) is 22.0. The lowest BCUT2D eigenvalue weighted by atomic mass is 9.73. The van der Waals surface area contributed by atoms with Crippen LogP contribution in [-0.2, 0) is 12.0 Å². The van der Waals surface area contributed by atoms with E-state index in [0.717, 1.165) is 11.1 Å². The van der Waals surface area contributed by atoms with Gasteiger partial charge in [-0.05, 0) is 24.5 Å². The number of halogens is 1. The van der Waals surface area contributed by atoms with Crippen molar-refractivity contribution in [2.45, 2.75) is 32.7 Å². The number of aryl methyl sites for hydroxylation is 1. The normalized spacial score (nSPS) is 13.9. The number of aliphatic imine (C=N–C) groups is 1. The number of amides is 1. The van der Waals surface area contributed by atoms with E-state index >= 15 is 0 Å². The molecule has 162 valence electrons. The molecule has 1 amide bonds. The van der Waals surface area contributed by atoms with E-state index in [0.29, 0.717) is 5.69 Å². The van der Waals surface area contributed by atoms with Crippen molar-refractivity contribution in [3.05, 3.63) is 54.2 Å². The van der Waals surface area contributed by atoms with Gasteiger partial charge in [-0.2, -0.15) is 10.1 Å². The Morgan fingerprint density at radius 1 is 1.19 bits per heavy atom. The van der Waals surface area contributed by atoms with Gasteiger partial charge in [0.2, 0.25) is 5.95 Å². The Hall–Kier alpha value is -3.69. The predicted molar refractivity (Wildman–Crippen MR) is 116 cm³/mol. The van der Waals surface area contributed by atoms with E-state index in [1.54, 1.807) is 18.6 Å². The molecule has 0 aliphatic carbocycles. The lowest BCUT2D eigenvalue weighted by Crippen LogP contribution is -2.43. The fraction of sp³-hybridized carbons (Fsp3) is 0.333. The molecule has 1 atom stereocenters. The summed E-state index contributed by atoms with van der Waals surface area (Å²) < 4.78 is 13.8. The van der Waals surface area contributed by atoms with E-state index in [1.807, 2.05) is 32.9 Å². The molecule has 3 heterocycles. The third kappa shape index (κ3) is 4.57. The van der Waals surface area contributed by atoms with Crippen LogP contribution in [0.3, 0.4) is 0 Å². The summed E-state index contributed by atoms with van der Waals surface area (Å²) in [4.78, 5) is 29.2. The molecule has 0 aromatic carbocycles. The van der Waals surface area contributed by atoms with Gasteiger partial charge in [0.15, 0.2) is 0 Å². The second kappa shape index (κ2) is 8.99. The van der Waals surface area contributed by atoms with Gasteiger partial charge in [0.05, 0.1) is 29.4 Å². The summed E-state index contributed by atoms with van der Waals surface area (Å²) in [5.74, 6) is -0.156. The Kier molecular flexibility index (Phi) is 6.38. The molecule has 31 heavy (non-hydrogen) atoms. The summed E-state index contributed by atoms with van der Waals surface area (Å²) in [5, 5.41) is 3.95. The SMILES string of the molecule is CC(C)C(C)(C(N)=NC(=O)c1cnn(CCF)c1)c1ccc(-c2cnc(N)nc2)nc1. The average Bonchev–Trinajstić information content (AvgIpc) is 3.23. The van der Waals surface area contributed by atoms with Crippen LogP contribution in [0.1, 0.15) is 36.7 Å². The van der Waals surface area contributed by atoms with E-state index in [2.05, 4.69) is 25.0 Å². The molecule has 0 bridgehead atoms. The lowest BCUT2D eigenvalue weighted by Gasteiger charge is -2.33. The van der Waals surface area contributed by atoms with Gasteiger partial charge >= 0.3 is 0 Å². The molecular formula is C21H25FN8O. The number of amidine groups is 1. The minimum atomic E-state index is -0.742. The Labute approximate surface area is 179 Å². The molecule has 0 spiro atoms. The maximum atomic E-state index is 12.6. The maximum absolute atomic E-state index is 12.6. The molecule has 0 radical (unpaired) electrons. The molecule has 1 unspecified atom stereocenters. The summed E-state index contributed by atoms with van der Waals surface area (Å²) in [5.41, 5.74) is 13.6. The van der Waals surface area contributed by atoms with Gasteiger partial charge in [-0.3, -0.25) is 14.5 Å². The summed E-state index contributed by atoms with van der Waals surface area (Å²) in [7, 11) is 0. The van der Waals surface area contributed by atoms with E-state index in [9.17, 15) is 9.18 Å². The van der Waals surface area contributed by atoms with Gasteiger partial charge < -0.3 is 11.5 Å². The molecule has 0 aliphatic heterocycles. The molecule has 4 N–H and O–H groups in total. The van der Waals surface area contributed by atoms with Crippen molar-refractivity contribution in [2.75, 3.05) is 12.4 Å². The fourth-order valence-corrected chi connectivity index (χ4v) is 3.09. The number of carbonyl (C=O) groups excluding carboxylic acids is 1. The largest absolute Gasteiger partial charge is 0.386 e. The summed E-state index contributed by atoms with van der Waals surface area (Å²) >= 11 is 0. The fourth-order valence-electron chi connectivity index (χ4n) is 3.09. The molecule has 9 nitrogen and oxygen atoms in total. The van der Waals surface area contributed by atoms with Crippen LogP contribution in [0.2, 0.25) is 0 Å². The number of alkyl halides is 1. The van der Waals surface area contributed by atoms with Crippen LogP contribution >= 0.6 is 0 Å². The van der Waals surface area contributed by atoms with Gasteiger partial charge in [0, 0.05) is 30.4 Å². The van der Waals surface area contributed by atoms with Crippen molar-refractivity contribution in [1.82, 2.24) is 24.7 Å². The summed E-state index contributed by atoms with van der Waals surface area (Å²) in [6.07, 6.45) is 7.72. The topological polar surface area (TPSA) is 138 Å². The van der Waals surface area contributed by atoms with Crippen molar-refractivity contribution >= 4 is 17.7 Å². The number of nitrogens with zero attached hydrogens (tertiary/aromatic N) is 6. The molecule has 0 aliphatic rings. The number of nitrogens with two attached hydrogens (primary N) is 2. The predicted octanol–water partition coefficient (Wildman–Crippen LogP) is 2.40. The molecular weight excluding hydrogens is 399 g/mol. The van der Waals surface area contributed by atoms with Crippen LogP contribution in [0.5, 0.6) is 0 Å². The van der Waals surface area contributed by atoms with E-state index in [1.165, 1.54) is 17.1 Å². The van der Waals surface area contributed by atoms with Crippen molar-refractivity contribution in [2.24, 2.45) is 16.6 Å². The van der Waals surface area contributed by atoms with Crippen LogP contribution < -0.4 is 11.5 Å². The van der Waals surface area contributed by atoms with E-state index < -0.39 is 18.0 Å². The van der Waals surface area contributed by atoms with Gasteiger partial charge in [-0.25, -0.2) is 14.4 Å². The monoisotopic (exact) mass is 424 g/mol. The van der Waals surface area contributed by atoms with Gasteiger partial charge in [-0.15, -0.1) is 0 Å². The van der Waals surface area contributed by atoms with Gasteiger partial charge in [-0.1, -0.05) is 19.9 Å². The standard InChI is InChI=1S/C21H25FN8O/c1-13(2)21(3,19(23)29-18(31)15-10-28-30(12-15)7-6-22)16-4-5-17(25-11-16)14-8-26-20(24)27-9-14/h4-5,8-13H,6-7H2,1-3H3,(H2,23,29,31)(H2,24,26,27). The van der Waals surface area contributed by atoms with E-state index in [4.69, 9.17) is 11.5 Å². The van der Waals surface area contributed by atoms with Crippen molar-refractivity contribution in [1.29, 1.82) is 0 Å². The average molecular weight is 424 g/mol. The molecule has 3 aromatic heterocycles. The van der Waals surface area contributed by atoms with Crippen LogP contribution in [0.25, 0.3) is 11.3 Å². The Morgan fingerprint density at radius 3 is 2.48 bits per heavy atom. The van der Waals surface area contributed by atoms with Gasteiger partial charge in [0.25, 0.3) is 5.91 Å². The molecule has 10 heteroatoms. The first-order chi connectivity index (χ1) is 14.8. The highest BCUT2D eigenvalue weighted by molar-refractivity contribution is 6.05. The van der Waals surface area contributed by atoms with Crippen molar-refractivity contribution in [3.63, 3.8) is 0 Å². The van der Waals surface area contributed by atoms with Gasteiger partial charge in [0.1, 0.15) is 12.5 Å². The number of nitrogen functional groups attached to an aromatic ring is 1. The highest BCUT2D eigenvalue weighted by Crippen LogP contribution is 2.33.